The number of imidazole rings is 1. The fourth-order valence-corrected chi connectivity index (χ4v) is 6.15. The Morgan fingerprint density at radius 2 is 1.81 bits per heavy atom. The lowest BCUT2D eigenvalue weighted by atomic mass is 9.87. The van der Waals surface area contributed by atoms with Crippen LogP contribution in [-0.2, 0) is 43.9 Å². The van der Waals surface area contributed by atoms with Crippen LogP contribution in [0.5, 0.6) is 0 Å². The molecule has 0 unspecified atom stereocenters. The van der Waals surface area contributed by atoms with Crippen LogP contribution in [0.2, 0.25) is 0 Å². The van der Waals surface area contributed by atoms with Crippen molar-refractivity contribution >= 4 is 28.6 Å². The van der Waals surface area contributed by atoms with Crippen LogP contribution < -0.4 is 10.2 Å². The molecule has 0 bridgehead atoms. The third kappa shape index (κ3) is 6.62. The van der Waals surface area contributed by atoms with Gasteiger partial charge in [-0.05, 0) is 85.7 Å². The van der Waals surface area contributed by atoms with Crippen molar-refractivity contribution in [1.82, 2.24) is 29.6 Å². The molecule has 0 radical (unpaired) electrons. The maximum Gasteiger partial charge on any atom is 0.435 e. The second-order valence-electron chi connectivity index (χ2n) is 12.9. The molecule has 13 heteroatoms. The van der Waals surface area contributed by atoms with Crippen LogP contribution in [0, 0.1) is 0 Å². The highest BCUT2D eigenvalue weighted by Crippen LogP contribution is 2.41. The van der Waals surface area contributed by atoms with Gasteiger partial charge >= 0.3 is 12.3 Å². The first-order valence-corrected chi connectivity index (χ1v) is 15.6. The van der Waals surface area contributed by atoms with Gasteiger partial charge in [0.1, 0.15) is 5.60 Å². The van der Waals surface area contributed by atoms with Gasteiger partial charge in [-0.25, -0.2) is 9.78 Å². The molecule has 3 aromatic heterocycles. The number of nitrogens with one attached hydrogen (secondary N) is 1. The number of aryl methyl sites for hydroxylation is 2. The number of halogens is 3. The minimum absolute atomic E-state index is 0.0703. The van der Waals surface area contributed by atoms with E-state index < -0.39 is 23.6 Å². The van der Waals surface area contributed by atoms with Gasteiger partial charge < -0.3 is 19.5 Å². The number of alkyl carbamates (subject to hydrolysis) is 1. The molecule has 5 aromatic rings. The maximum atomic E-state index is 14.4. The molecule has 250 valence electrons. The Kier molecular flexibility index (Phi) is 8.48. The van der Waals surface area contributed by atoms with Crippen LogP contribution in [0.1, 0.15) is 66.0 Å². The van der Waals surface area contributed by atoms with E-state index in [4.69, 9.17) is 4.74 Å². The molecule has 0 fully saturated rings. The molecule has 1 aliphatic heterocycles. The van der Waals surface area contributed by atoms with Crippen molar-refractivity contribution in [2.45, 2.75) is 65.4 Å². The zero-order valence-electron chi connectivity index (χ0n) is 27.4. The molecule has 48 heavy (non-hydrogen) atoms. The van der Waals surface area contributed by atoms with Crippen molar-refractivity contribution in [3.05, 3.63) is 95.0 Å². The van der Waals surface area contributed by atoms with Gasteiger partial charge in [0.15, 0.2) is 5.69 Å². The van der Waals surface area contributed by atoms with Gasteiger partial charge in [0.2, 0.25) is 0 Å². The van der Waals surface area contributed by atoms with Crippen molar-refractivity contribution in [1.29, 1.82) is 0 Å². The van der Waals surface area contributed by atoms with Gasteiger partial charge in [0, 0.05) is 68.0 Å². The molecule has 6 rings (SSSR count). The highest BCUT2D eigenvalue weighted by atomic mass is 19.4. The number of rotatable bonds is 7. The van der Waals surface area contributed by atoms with Gasteiger partial charge in [0.05, 0.1) is 17.5 Å². The number of amides is 2. The van der Waals surface area contributed by atoms with Crippen molar-refractivity contribution in [2.75, 3.05) is 11.4 Å². The predicted molar refractivity (Wildman–Crippen MR) is 175 cm³/mol. The molecule has 0 saturated carbocycles. The van der Waals surface area contributed by atoms with Crippen molar-refractivity contribution < 1.29 is 27.5 Å². The summed E-state index contributed by atoms with van der Waals surface area (Å²) in [6.07, 6.45) is 3.74. The first-order valence-electron chi connectivity index (χ1n) is 15.6. The minimum Gasteiger partial charge on any atom is -0.444 e. The molecule has 4 heterocycles. The van der Waals surface area contributed by atoms with E-state index in [9.17, 15) is 22.8 Å². The molecule has 0 saturated heterocycles. The van der Waals surface area contributed by atoms with E-state index in [2.05, 4.69) is 20.4 Å². The van der Waals surface area contributed by atoms with Gasteiger partial charge in [-0.2, -0.15) is 18.3 Å². The summed E-state index contributed by atoms with van der Waals surface area (Å²) < 4.78 is 50.8. The summed E-state index contributed by atoms with van der Waals surface area (Å²) in [7, 11) is 1.45. The van der Waals surface area contributed by atoms with Gasteiger partial charge in [-0.15, -0.1) is 0 Å². The van der Waals surface area contributed by atoms with Crippen LogP contribution in [0.3, 0.4) is 0 Å². The molecule has 0 spiro atoms. The highest BCUT2D eigenvalue weighted by molar-refractivity contribution is 6.13. The van der Waals surface area contributed by atoms with Gasteiger partial charge in [-0.1, -0.05) is 13.0 Å². The summed E-state index contributed by atoms with van der Waals surface area (Å²) >= 11 is 0. The fraction of sp³-hybridized carbons (Fsp3) is 0.343. The smallest absolute Gasteiger partial charge is 0.435 e. The summed E-state index contributed by atoms with van der Waals surface area (Å²) in [6, 6.07) is 9.21. The Hall–Kier alpha value is -5.20. The average Bonchev–Trinajstić information content (AvgIpc) is 3.68. The summed E-state index contributed by atoms with van der Waals surface area (Å²) in [5, 5.41) is 7.28. The number of carbonyl (C=O) groups is 2. The van der Waals surface area contributed by atoms with E-state index in [1.807, 2.05) is 19.1 Å². The summed E-state index contributed by atoms with van der Waals surface area (Å²) in [5.74, 6) is -0.328. The largest absolute Gasteiger partial charge is 0.444 e. The fourth-order valence-electron chi connectivity index (χ4n) is 6.15. The monoisotopic (exact) mass is 659 g/mol. The number of benzene rings is 2. The van der Waals surface area contributed by atoms with Crippen molar-refractivity contribution in [2.24, 2.45) is 7.05 Å². The molecule has 10 nitrogen and oxygen atoms in total. The van der Waals surface area contributed by atoms with Crippen LogP contribution in [0.25, 0.3) is 22.0 Å². The Balaban J connectivity index is 1.44. The van der Waals surface area contributed by atoms with E-state index >= 15 is 0 Å². The van der Waals surface area contributed by atoms with Crippen LogP contribution in [0.4, 0.5) is 23.7 Å². The van der Waals surface area contributed by atoms with Crippen molar-refractivity contribution in [3.8, 4) is 11.1 Å². The Morgan fingerprint density at radius 3 is 2.50 bits per heavy atom. The standard InChI is InChI=1S/C35H36F3N7O3/c1-6-21-13-23(17-41-33(47)48-34(2,3)4)30-27(14-21)29(7-9-40-30)45-11-8-24-25(28-19-43(5)42-31(28)35(36,37)38)15-22(16-26(24)32(45)46)18-44-12-10-39-20-44/h7,9-10,12-16,19-20H,6,8,11,17-18H2,1-5H3,(H,41,47). The molecule has 1 aliphatic rings. The number of pyridine rings is 1. The number of alkyl halides is 3. The lowest BCUT2D eigenvalue weighted by Gasteiger charge is -2.31. The topological polar surface area (TPSA) is 107 Å². The lowest BCUT2D eigenvalue weighted by Crippen LogP contribution is -2.38. The van der Waals surface area contributed by atoms with Crippen LogP contribution in [0.15, 0.2) is 61.4 Å². The lowest BCUT2D eigenvalue weighted by molar-refractivity contribution is -0.141. The number of fused-ring (bicyclic) bond motifs is 2. The number of carbonyl (C=O) groups excluding carboxylic acids is 2. The molecule has 0 atom stereocenters. The van der Waals surface area contributed by atoms with E-state index in [0.717, 1.165) is 21.2 Å². The van der Waals surface area contributed by atoms with Gasteiger partial charge in [-0.3, -0.25) is 14.5 Å². The molecule has 0 aliphatic carbocycles. The molecule has 2 amide bonds. The summed E-state index contributed by atoms with van der Waals surface area (Å²) in [4.78, 5) is 37.3. The average molecular weight is 660 g/mol. The first-order chi connectivity index (χ1) is 22.7. The second-order valence-corrected chi connectivity index (χ2v) is 12.9. The molecular weight excluding hydrogens is 623 g/mol. The third-order valence-electron chi connectivity index (χ3n) is 8.16. The first kappa shape index (κ1) is 32.7. The Morgan fingerprint density at radius 1 is 1.04 bits per heavy atom. The number of aromatic nitrogens is 5. The van der Waals surface area contributed by atoms with Crippen molar-refractivity contribution in [3.63, 3.8) is 0 Å². The predicted octanol–water partition coefficient (Wildman–Crippen LogP) is 6.69. The number of ether oxygens (including phenoxy) is 1. The molecule has 1 N–H and O–H groups in total. The van der Waals surface area contributed by atoms with Gasteiger partial charge in [0.25, 0.3) is 5.91 Å². The number of nitrogens with zero attached hydrogens (tertiary/aromatic N) is 6. The Labute approximate surface area is 275 Å². The SMILES string of the molecule is CCc1cc(CNC(=O)OC(C)(C)C)c2nccc(N3CCc4c(cc(Cn5ccnc5)cc4-c4cn(C)nc4C(F)(F)F)C3=O)c2c1. The zero-order valence-corrected chi connectivity index (χ0v) is 27.4. The number of hydrogen-bond donors (Lipinski definition) is 1. The Bertz CT molecular complexity index is 2010. The van der Waals surface area contributed by atoms with E-state index in [-0.39, 0.29) is 24.6 Å². The second kappa shape index (κ2) is 12.4. The van der Waals surface area contributed by atoms with Crippen LogP contribution in [-0.4, -0.2) is 48.5 Å². The number of anilines is 1. The van der Waals surface area contributed by atoms with E-state index in [1.54, 1.807) is 73.4 Å². The summed E-state index contributed by atoms with van der Waals surface area (Å²) in [6.45, 7) is 8.09. The molecule has 2 aromatic carbocycles. The van der Waals surface area contributed by atoms with Crippen LogP contribution >= 0.6 is 0 Å². The van der Waals surface area contributed by atoms with E-state index in [1.165, 1.54) is 13.2 Å². The quantitative estimate of drug-likeness (QED) is 0.209. The number of hydrogen-bond acceptors (Lipinski definition) is 6. The highest BCUT2D eigenvalue weighted by Gasteiger charge is 2.39. The summed E-state index contributed by atoms with van der Waals surface area (Å²) in [5.41, 5.74) is 3.14. The van der Waals surface area contributed by atoms with E-state index in [0.29, 0.717) is 52.8 Å². The molecular formula is C35H36F3N7O3. The third-order valence-corrected chi connectivity index (χ3v) is 8.16. The minimum atomic E-state index is -4.68. The normalized spacial score (nSPS) is 13.6. The maximum absolute atomic E-state index is 14.4. The zero-order chi connectivity index (χ0) is 34.4.